The van der Waals surface area contributed by atoms with Crippen molar-refractivity contribution in [3.63, 3.8) is 0 Å². The van der Waals surface area contributed by atoms with E-state index in [9.17, 15) is 5.11 Å². The zero-order chi connectivity index (χ0) is 22.3. The average molecular weight is 436 g/mol. The number of anilines is 2. The van der Waals surface area contributed by atoms with Crippen LogP contribution in [0.3, 0.4) is 0 Å². The van der Waals surface area contributed by atoms with Crippen molar-refractivity contribution in [1.82, 2.24) is 15.0 Å². The molecule has 1 fully saturated rings. The molecule has 1 saturated carbocycles. The highest BCUT2D eigenvalue weighted by atomic mass is 16.3. The summed E-state index contributed by atoms with van der Waals surface area (Å²) in [6.07, 6.45) is 16.7. The van der Waals surface area contributed by atoms with E-state index in [1.807, 2.05) is 12.4 Å². The number of hydrogen-bond donors (Lipinski definition) is 3. The van der Waals surface area contributed by atoms with Crippen molar-refractivity contribution in [3.05, 3.63) is 36.2 Å². The van der Waals surface area contributed by atoms with Crippen LogP contribution in [0.1, 0.15) is 83.6 Å². The fourth-order valence-corrected chi connectivity index (χ4v) is 4.73. The Labute approximate surface area is 192 Å². The van der Waals surface area contributed by atoms with Crippen LogP contribution in [0.15, 0.2) is 30.6 Å². The van der Waals surface area contributed by atoms with Gasteiger partial charge in [-0.05, 0) is 81.9 Å². The van der Waals surface area contributed by atoms with Gasteiger partial charge in [0.1, 0.15) is 5.82 Å². The summed E-state index contributed by atoms with van der Waals surface area (Å²) in [5.74, 6) is 1.47. The summed E-state index contributed by atoms with van der Waals surface area (Å²) in [6, 6.07) is 4.89. The van der Waals surface area contributed by atoms with Gasteiger partial charge in [0.25, 0.3) is 0 Å². The second-order valence-corrected chi connectivity index (χ2v) is 9.35. The summed E-state index contributed by atoms with van der Waals surface area (Å²) >= 11 is 0. The third kappa shape index (κ3) is 5.85. The van der Waals surface area contributed by atoms with Gasteiger partial charge in [0.2, 0.25) is 5.95 Å². The van der Waals surface area contributed by atoms with Crippen LogP contribution in [0.5, 0.6) is 0 Å². The molecule has 2 heterocycles. The molecule has 0 unspecified atom stereocenters. The maximum absolute atomic E-state index is 9.87. The number of pyridine rings is 1. The molecule has 6 nitrogen and oxygen atoms in total. The first-order chi connectivity index (χ1) is 15.6. The lowest BCUT2D eigenvalue weighted by Gasteiger charge is -2.27. The lowest BCUT2D eigenvalue weighted by molar-refractivity contribution is 0.126. The molecule has 172 valence electrons. The number of nitrogens with one attached hydrogen (secondary N) is 2. The minimum absolute atomic E-state index is 0.173. The highest BCUT2D eigenvalue weighted by Gasteiger charge is 2.22. The zero-order valence-corrected chi connectivity index (χ0v) is 19.5. The Hall–Kier alpha value is -2.47. The maximum atomic E-state index is 9.87. The first-order valence-electron chi connectivity index (χ1n) is 12.4. The standard InChI is InChI=1S/C26H37N5O/c1-3-7-18(2)29-26-28-17-23(25(31-26)30-21-11-13-22(32)14-12-21)24-15-10-20(16-27-24)19-8-5-4-6-9-19/h8,10,15-18,21-22,32H,3-7,9,11-14H2,1-2H3,(H2,28,29,30,31)/t18-,21-,22-/m0/s1. The fourth-order valence-electron chi connectivity index (χ4n) is 4.73. The van der Waals surface area contributed by atoms with E-state index in [1.54, 1.807) is 0 Å². The Bertz CT molecular complexity index is 903. The van der Waals surface area contributed by atoms with Gasteiger partial charge in [-0.3, -0.25) is 4.98 Å². The van der Waals surface area contributed by atoms with Crippen molar-refractivity contribution in [2.75, 3.05) is 10.6 Å². The molecule has 0 radical (unpaired) electrons. The summed E-state index contributed by atoms with van der Waals surface area (Å²) in [5, 5.41) is 16.9. The van der Waals surface area contributed by atoms with Crippen LogP contribution in [0.25, 0.3) is 16.8 Å². The van der Waals surface area contributed by atoms with Crippen molar-refractivity contribution in [3.8, 4) is 11.3 Å². The zero-order valence-electron chi connectivity index (χ0n) is 19.5. The predicted molar refractivity (Wildman–Crippen MR) is 132 cm³/mol. The van der Waals surface area contributed by atoms with E-state index in [1.165, 1.54) is 30.4 Å². The summed E-state index contributed by atoms with van der Waals surface area (Å²) < 4.78 is 0. The van der Waals surface area contributed by atoms with Gasteiger partial charge in [0.15, 0.2) is 0 Å². The van der Waals surface area contributed by atoms with E-state index in [4.69, 9.17) is 9.97 Å². The Morgan fingerprint density at radius 1 is 1.09 bits per heavy atom. The summed E-state index contributed by atoms with van der Waals surface area (Å²) in [6.45, 7) is 4.35. The Morgan fingerprint density at radius 3 is 2.62 bits per heavy atom. The fraction of sp³-hybridized carbons (Fsp3) is 0.577. The van der Waals surface area contributed by atoms with E-state index in [-0.39, 0.29) is 6.10 Å². The van der Waals surface area contributed by atoms with Crippen molar-refractivity contribution in [1.29, 1.82) is 0 Å². The Morgan fingerprint density at radius 2 is 1.94 bits per heavy atom. The highest BCUT2D eigenvalue weighted by molar-refractivity contribution is 5.74. The normalized spacial score (nSPS) is 22.2. The molecule has 0 bridgehead atoms. The first-order valence-corrected chi connectivity index (χ1v) is 12.4. The number of nitrogens with zero attached hydrogens (tertiary/aromatic N) is 3. The molecule has 2 aromatic rings. The molecule has 4 rings (SSSR count). The molecule has 0 spiro atoms. The Balaban J connectivity index is 1.58. The summed E-state index contributed by atoms with van der Waals surface area (Å²) in [4.78, 5) is 14.2. The van der Waals surface area contributed by atoms with Gasteiger partial charge in [0.05, 0.1) is 17.4 Å². The van der Waals surface area contributed by atoms with Gasteiger partial charge in [-0.25, -0.2) is 4.98 Å². The minimum atomic E-state index is -0.173. The molecule has 2 aromatic heterocycles. The van der Waals surface area contributed by atoms with Gasteiger partial charge in [0, 0.05) is 24.5 Å². The van der Waals surface area contributed by atoms with Gasteiger partial charge in [-0.15, -0.1) is 0 Å². The summed E-state index contributed by atoms with van der Waals surface area (Å²) in [5.41, 5.74) is 4.44. The largest absolute Gasteiger partial charge is 0.393 e. The molecule has 3 N–H and O–H groups in total. The van der Waals surface area contributed by atoms with E-state index < -0.39 is 0 Å². The van der Waals surface area contributed by atoms with Crippen LogP contribution < -0.4 is 10.6 Å². The van der Waals surface area contributed by atoms with E-state index in [0.717, 1.165) is 62.0 Å². The second kappa shape index (κ2) is 10.9. The van der Waals surface area contributed by atoms with E-state index >= 15 is 0 Å². The van der Waals surface area contributed by atoms with Crippen LogP contribution in [0.2, 0.25) is 0 Å². The monoisotopic (exact) mass is 435 g/mol. The number of hydrogen-bond acceptors (Lipinski definition) is 6. The third-order valence-corrected chi connectivity index (χ3v) is 6.62. The lowest BCUT2D eigenvalue weighted by Crippen LogP contribution is -2.29. The topological polar surface area (TPSA) is 83.0 Å². The third-order valence-electron chi connectivity index (χ3n) is 6.62. The molecule has 0 aliphatic heterocycles. The van der Waals surface area contributed by atoms with Crippen LogP contribution >= 0.6 is 0 Å². The molecule has 0 saturated heterocycles. The molecule has 2 aliphatic rings. The van der Waals surface area contributed by atoms with Crippen molar-refractivity contribution in [2.24, 2.45) is 0 Å². The number of aliphatic hydroxyl groups is 1. The highest BCUT2D eigenvalue weighted by Crippen LogP contribution is 2.31. The van der Waals surface area contributed by atoms with Crippen LogP contribution in [-0.2, 0) is 0 Å². The Kier molecular flexibility index (Phi) is 7.74. The van der Waals surface area contributed by atoms with Crippen molar-refractivity contribution in [2.45, 2.75) is 96.2 Å². The maximum Gasteiger partial charge on any atom is 0.224 e. The summed E-state index contributed by atoms with van der Waals surface area (Å²) in [7, 11) is 0. The minimum Gasteiger partial charge on any atom is -0.393 e. The molecule has 2 aliphatic carbocycles. The lowest BCUT2D eigenvalue weighted by atomic mass is 9.93. The molecule has 0 aromatic carbocycles. The smallest absolute Gasteiger partial charge is 0.224 e. The number of aromatic nitrogens is 3. The van der Waals surface area contributed by atoms with Gasteiger partial charge in [-0.2, -0.15) is 4.98 Å². The van der Waals surface area contributed by atoms with E-state index in [0.29, 0.717) is 18.0 Å². The molecule has 1 atom stereocenters. The van der Waals surface area contributed by atoms with Gasteiger partial charge < -0.3 is 15.7 Å². The number of rotatable bonds is 8. The van der Waals surface area contributed by atoms with Crippen molar-refractivity contribution < 1.29 is 5.11 Å². The molecule has 32 heavy (non-hydrogen) atoms. The number of aliphatic hydroxyl groups excluding tert-OH is 1. The molecule has 6 heteroatoms. The molecular formula is C26H37N5O. The quantitative estimate of drug-likeness (QED) is 0.485. The average Bonchev–Trinajstić information content (AvgIpc) is 2.82. The van der Waals surface area contributed by atoms with Gasteiger partial charge >= 0.3 is 0 Å². The molecular weight excluding hydrogens is 398 g/mol. The number of allylic oxidation sites excluding steroid dienone is 2. The van der Waals surface area contributed by atoms with E-state index in [2.05, 4.69) is 47.7 Å². The SMILES string of the molecule is CCC[C@H](C)Nc1ncc(-c2ccc(C3=CCCCC3)cn2)c(N[C@H]2CC[C@H](O)CC2)n1. The van der Waals surface area contributed by atoms with Crippen LogP contribution in [0.4, 0.5) is 11.8 Å². The van der Waals surface area contributed by atoms with Crippen LogP contribution in [-0.4, -0.2) is 38.2 Å². The second-order valence-electron chi connectivity index (χ2n) is 9.35. The first kappa shape index (κ1) is 22.7. The molecule has 0 amide bonds. The predicted octanol–water partition coefficient (Wildman–Crippen LogP) is 5.81. The van der Waals surface area contributed by atoms with Crippen LogP contribution in [0, 0.1) is 0 Å². The van der Waals surface area contributed by atoms with Crippen molar-refractivity contribution >= 4 is 17.3 Å². The van der Waals surface area contributed by atoms with Gasteiger partial charge in [-0.1, -0.05) is 25.5 Å².